The van der Waals surface area contributed by atoms with Gasteiger partial charge < -0.3 is 10.6 Å². The highest BCUT2D eigenvalue weighted by molar-refractivity contribution is 7.88. The molecule has 1 aromatic rings. The second-order valence-corrected chi connectivity index (χ2v) is 8.75. The van der Waals surface area contributed by atoms with Gasteiger partial charge >= 0.3 is 6.03 Å². The third-order valence-electron chi connectivity index (χ3n) is 3.31. The van der Waals surface area contributed by atoms with Crippen molar-refractivity contribution < 1.29 is 13.2 Å². The summed E-state index contributed by atoms with van der Waals surface area (Å²) in [4.78, 5) is 12.8. The zero-order valence-electron chi connectivity index (χ0n) is 11.6. The van der Waals surface area contributed by atoms with Gasteiger partial charge in [-0.3, -0.25) is 0 Å². The van der Waals surface area contributed by atoms with Crippen LogP contribution in [0.5, 0.6) is 0 Å². The third kappa shape index (κ3) is 5.14. The van der Waals surface area contributed by atoms with Gasteiger partial charge in [0.2, 0.25) is 10.0 Å². The van der Waals surface area contributed by atoms with Crippen LogP contribution >= 0.6 is 22.9 Å². The maximum atomic E-state index is 11.8. The van der Waals surface area contributed by atoms with E-state index in [1.54, 1.807) is 6.07 Å². The summed E-state index contributed by atoms with van der Waals surface area (Å²) in [5, 5.41) is 5.64. The number of rotatable bonds is 4. The summed E-state index contributed by atoms with van der Waals surface area (Å²) in [6.07, 6.45) is 2.47. The molecule has 2 amide bonds. The van der Waals surface area contributed by atoms with Gasteiger partial charge in [-0.25, -0.2) is 17.5 Å². The van der Waals surface area contributed by atoms with Gasteiger partial charge in [-0.15, -0.1) is 11.3 Å². The van der Waals surface area contributed by atoms with Crippen LogP contribution in [0.4, 0.5) is 4.79 Å². The summed E-state index contributed by atoms with van der Waals surface area (Å²) in [5.41, 5.74) is 0. The van der Waals surface area contributed by atoms with Gasteiger partial charge in [0, 0.05) is 24.0 Å². The smallest absolute Gasteiger partial charge is 0.315 e. The van der Waals surface area contributed by atoms with Crippen molar-refractivity contribution in [2.45, 2.75) is 25.4 Å². The van der Waals surface area contributed by atoms with Crippen LogP contribution in [0.25, 0.3) is 0 Å². The van der Waals surface area contributed by atoms with Gasteiger partial charge in [0.1, 0.15) is 0 Å². The van der Waals surface area contributed by atoms with E-state index in [1.165, 1.54) is 21.9 Å². The zero-order chi connectivity index (χ0) is 15.5. The number of nitrogens with one attached hydrogen (secondary N) is 2. The number of hydrogen-bond acceptors (Lipinski definition) is 4. The highest BCUT2D eigenvalue weighted by Gasteiger charge is 2.25. The number of carbonyl (C=O) groups is 1. The summed E-state index contributed by atoms with van der Waals surface area (Å²) >= 11 is 7.25. The number of carbonyl (C=O) groups excluding carboxylic acids is 1. The van der Waals surface area contributed by atoms with E-state index in [-0.39, 0.29) is 12.1 Å². The summed E-state index contributed by atoms with van der Waals surface area (Å²) in [5.74, 6) is 0. The molecule has 6 nitrogen and oxygen atoms in total. The fraction of sp³-hybridized carbons (Fsp3) is 0.583. The largest absolute Gasteiger partial charge is 0.335 e. The molecule has 0 atom stereocenters. The van der Waals surface area contributed by atoms with Crippen LogP contribution in [-0.4, -0.2) is 44.1 Å². The van der Waals surface area contributed by atoms with Crippen molar-refractivity contribution in [2.24, 2.45) is 0 Å². The quantitative estimate of drug-likeness (QED) is 0.865. The van der Waals surface area contributed by atoms with Gasteiger partial charge in [-0.2, -0.15) is 0 Å². The van der Waals surface area contributed by atoms with Gasteiger partial charge in [0.25, 0.3) is 0 Å². The number of thiophene rings is 1. The molecule has 0 radical (unpaired) electrons. The monoisotopic (exact) mass is 351 g/mol. The number of piperidine rings is 1. The number of nitrogens with zero attached hydrogens (tertiary/aromatic N) is 1. The Labute approximate surface area is 133 Å². The Balaban J connectivity index is 1.72. The van der Waals surface area contributed by atoms with Gasteiger partial charge in [0.05, 0.1) is 17.1 Å². The van der Waals surface area contributed by atoms with E-state index in [0.717, 1.165) is 4.88 Å². The van der Waals surface area contributed by atoms with Crippen LogP contribution in [0.1, 0.15) is 17.7 Å². The van der Waals surface area contributed by atoms with Crippen LogP contribution in [-0.2, 0) is 16.6 Å². The third-order valence-corrected chi connectivity index (χ3v) is 5.84. The molecule has 118 valence electrons. The number of amides is 2. The molecule has 1 aliphatic heterocycles. The molecule has 0 aromatic carbocycles. The predicted molar refractivity (Wildman–Crippen MR) is 84.1 cm³/mol. The second-order valence-electron chi connectivity index (χ2n) is 4.97. The first-order chi connectivity index (χ1) is 9.84. The van der Waals surface area contributed by atoms with E-state index >= 15 is 0 Å². The number of sulfonamides is 1. The maximum absolute atomic E-state index is 11.8. The van der Waals surface area contributed by atoms with E-state index in [2.05, 4.69) is 10.6 Å². The lowest BCUT2D eigenvalue weighted by Gasteiger charge is -2.30. The fourth-order valence-electron chi connectivity index (χ4n) is 2.18. The molecule has 21 heavy (non-hydrogen) atoms. The highest BCUT2D eigenvalue weighted by Crippen LogP contribution is 2.21. The van der Waals surface area contributed by atoms with Crippen molar-refractivity contribution in [3.63, 3.8) is 0 Å². The van der Waals surface area contributed by atoms with Crippen molar-refractivity contribution in [1.82, 2.24) is 14.9 Å². The van der Waals surface area contributed by atoms with Crippen molar-refractivity contribution >= 4 is 39.0 Å². The van der Waals surface area contributed by atoms with E-state index in [9.17, 15) is 13.2 Å². The maximum Gasteiger partial charge on any atom is 0.315 e. The first-order valence-corrected chi connectivity index (χ1v) is 9.62. The molecule has 2 rings (SSSR count). The predicted octanol–water partition coefficient (Wildman–Crippen LogP) is 1.62. The van der Waals surface area contributed by atoms with Crippen molar-refractivity contribution in [3.05, 3.63) is 21.3 Å². The molecule has 9 heteroatoms. The first-order valence-electron chi connectivity index (χ1n) is 6.58. The number of halogens is 1. The highest BCUT2D eigenvalue weighted by atomic mass is 35.5. The lowest BCUT2D eigenvalue weighted by Crippen LogP contribution is -2.48. The Morgan fingerprint density at radius 2 is 2.10 bits per heavy atom. The molecule has 0 spiro atoms. The summed E-state index contributed by atoms with van der Waals surface area (Å²) in [6, 6.07) is 3.44. The zero-order valence-corrected chi connectivity index (χ0v) is 14.0. The van der Waals surface area contributed by atoms with Crippen LogP contribution in [0.2, 0.25) is 4.34 Å². The second kappa shape index (κ2) is 6.95. The normalized spacial score (nSPS) is 17.6. The van der Waals surface area contributed by atoms with Crippen LogP contribution in [0, 0.1) is 0 Å². The molecule has 0 saturated carbocycles. The molecule has 0 unspecified atom stereocenters. The first kappa shape index (κ1) is 16.5. The molecule has 1 fully saturated rings. The van der Waals surface area contributed by atoms with E-state index in [4.69, 9.17) is 11.6 Å². The SMILES string of the molecule is CS(=O)(=O)N1CCC(NC(=O)NCc2ccc(Cl)s2)CC1. The topological polar surface area (TPSA) is 78.5 Å². The summed E-state index contributed by atoms with van der Waals surface area (Å²) in [6.45, 7) is 1.33. The van der Waals surface area contributed by atoms with Gasteiger partial charge in [-0.05, 0) is 25.0 Å². The summed E-state index contributed by atoms with van der Waals surface area (Å²) < 4.78 is 24.9. The molecule has 0 aliphatic carbocycles. The fourth-order valence-corrected chi connectivity index (χ4v) is 4.08. The molecule has 1 aromatic heterocycles. The van der Waals surface area contributed by atoms with Crippen LogP contribution < -0.4 is 10.6 Å². The Morgan fingerprint density at radius 1 is 1.43 bits per heavy atom. The Kier molecular flexibility index (Phi) is 5.48. The average molecular weight is 352 g/mol. The molecule has 1 aliphatic rings. The molecule has 2 heterocycles. The van der Waals surface area contributed by atoms with Crippen LogP contribution in [0.3, 0.4) is 0 Å². The van der Waals surface area contributed by atoms with Crippen molar-refractivity contribution in [3.8, 4) is 0 Å². The molecule has 1 saturated heterocycles. The number of urea groups is 1. The minimum atomic E-state index is -3.13. The molecule has 0 bridgehead atoms. The van der Waals surface area contributed by atoms with Gasteiger partial charge in [-0.1, -0.05) is 11.6 Å². The minimum Gasteiger partial charge on any atom is -0.335 e. The molecule has 2 N–H and O–H groups in total. The minimum absolute atomic E-state index is 0.00919. The Bertz CT molecular complexity index is 595. The number of hydrogen-bond donors (Lipinski definition) is 2. The lowest BCUT2D eigenvalue weighted by molar-refractivity contribution is 0.227. The van der Waals surface area contributed by atoms with E-state index < -0.39 is 10.0 Å². The lowest BCUT2D eigenvalue weighted by atomic mass is 10.1. The van der Waals surface area contributed by atoms with E-state index in [1.807, 2.05) is 6.07 Å². The summed E-state index contributed by atoms with van der Waals surface area (Å²) in [7, 11) is -3.13. The molecular formula is C12H18ClN3O3S2. The Hall–Kier alpha value is -0.830. The molecular weight excluding hydrogens is 334 g/mol. The van der Waals surface area contributed by atoms with Crippen molar-refractivity contribution in [1.29, 1.82) is 0 Å². The van der Waals surface area contributed by atoms with Crippen LogP contribution in [0.15, 0.2) is 12.1 Å². The average Bonchev–Trinajstić information content (AvgIpc) is 2.82. The Morgan fingerprint density at radius 3 is 2.62 bits per heavy atom. The van der Waals surface area contributed by atoms with E-state index in [0.29, 0.717) is 36.8 Å². The van der Waals surface area contributed by atoms with Gasteiger partial charge in [0.15, 0.2) is 0 Å². The van der Waals surface area contributed by atoms with Crippen molar-refractivity contribution in [2.75, 3.05) is 19.3 Å². The standard InChI is InChI=1S/C12H18ClN3O3S2/c1-21(18,19)16-6-4-9(5-7-16)15-12(17)14-8-10-2-3-11(13)20-10/h2-3,9H,4-8H2,1H3,(H2,14,15,17).